The minimum absolute atomic E-state index is 0.526. The van der Waals surface area contributed by atoms with Crippen molar-refractivity contribution in [2.45, 2.75) is 5.75 Å². The summed E-state index contributed by atoms with van der Waals surface area (Å²) >= 11 is 7.60. The standard InChI is InChI=1S/C10H11ClN2S/c11-10-3-1-2-8(9(10)6-13)7-14-5-4-12/h1-3H,4-5,7,12H2. The first-order valence-electron chi connectivity index (χ1n) is 4.25. The molecule has 0 spiro atoms. The van der Waals surface area contributed by atoms with Crippen LogP contribution in [0.3, 0.4) is 0 Å². The first-order valence-corrected chi connectivity index (χ1v) is 5.78. The molecule has 0 saturated carbocycles. The Kier molecular flexibility index (Phi) is 4.81. The highest BCUT2D eigenvalue weighted by Gasteiger charge is 2.05. The summed E-state index contributed by atoms with van der Waals surface area (Å²) in [6, 6.07) is 7.63. The molecule has 1 rings (SSSR count). The molecule has 0 amide bonds. The van der Waals surface area contributed by atoms with E-state index < -0.39 is 0 Å². The quantitative estimate of drug-likeness (QED) is 0.803. The Morgan fingerprint density at radius 3 is 2.93 bits per heavy atom. The Bertz CT molecular complexity index is 346. The number of hydrogen-bond donors (Lipinski definition) is 1. The van der Waals surface area contributed by atoms with Gasteiger partial charge in [0.2, 0.25) is 0 Å². The van der Waals surface area contributed by atoms with E-state index in [0.29, 0.717) is 17.1 Å². The number of benzene rings is 1. The van der Waals surface area contributed by atoms with Crippen molar-refractivity contribution in [3.05, 3.63) is 34.3 Å². The van der Waals surface area contributed by atoms with E-state index in [1.807, 2.05) is 12.1 Å². The van der Waals surface area contributed by atoms with E-state index in [-0.39, 0.29) is 0 Å². The number of nitriles is 1. The summed E-state index contributed by atoms with van der Waals surface area (Å²) in [5.41, 5.74) is 6.95. The lowest BCUT2D eigenvalue weighted by Crippen LogP contribution is -2.01. The monoisotopic (exact) mass is 226 g/mol. The third kappa shape index (κ3) is 2.91. The van der Waals surface area contributed by atoms with Crippen molar-refractivity contribution in [1.29, 1.82) is 5.26 Å². The van der Waals surface area contributed by atoms with Gasteiger partial charge in [-0.2, -0.15) is 17.0 Å². The maximum atomic E-state index is 8.89. The summed E-state index contributed by atoms with van der Waals surface area (Å²) in [5.74, 6) is 1.69. The molecule has 14 heavy (non-hydrogen) atoms. The third-order valence-electron chi connectivity index (χ3n) is 1.73. The van der Waals surface area contributed by atoms with E-state index in [0.717, 1.165) is 17.1 Å². The van der Waals surface area contributed by atoms with Gasteiger partial charge in [0.15, 0.2) is 0 Å². The molecule has 1 aromatic carbocycles. The van der Waals surface area contributed by atoms with Crippen LogP contribution in [0.5, 0.6) is 0 Å². The number of halogens is 1. The van der Waals surface area contributed by atoms with Crippen LogP contribution in [0.1, 0.15) is 11.1 Å². The van der Waals surface area contributed by atoms with Crippen molar-refractivity contribution in [1.82, 2.24) is 0 Å². The molecule has 1 aromatic rings. The molecule has 2 N–H and O–H groups in total. The van der Waals surface area contributed by atoms with Gasteiger partial charge < -0.3 is 5.73 Å². The first kappa shape index (κ1) is 11.4. The van der Waals surface area contributed by atoms with E-state index in [4.69, 9.17) is 22.6 Å². The number of nitrogens with two attached hydrogens (primary N) is 1. The summed E-state index contributed by atoms with van der Waals surface area (Å²) < 4.78 is 0. The predicted octanol–water partition coefficient (Wildman–Crippen LogP) is 2.40. The molecule has 0 saturated heterocycles. The molecule has 2 nitrogen and oxygen atoms in total. The van der Waals surface area contributed by atoms with Gasteiger partial charge in [0.05, 0.1) is 10.6 Å². The van der Waals surface area contributed by atoms with Crippen LogP contribution >= 0.6 is 23.4 Å². The highest BCUT2D eigenvalue weighted by Crippen LogP contribution is 2.22. The second kappa shape index (κ2) is 5.92. The number of rotatable bonds is 4. The van der Waals surface area contributed by atoms with E-state index in [9.17, 15) is 0 Å². The summed E-state index contributed by atoms with van der Waals surface area (Å²) in [7, 11) is 0. The molecule has 0 heterocycles. The molecule has 0 aliphatic heterocycles. The third-order valence-corrected chi connectivity index (χ3v) is 3.09. The lowest BCUT2D eigenvalue weighted by Gasteiger charge is -2.04. The van der Waals surface area contributed by atoms with Crippen LogP contribution in [0.2, 0.25) is 5.02 Å². The maximum absolute atomic E-state index is 8.89. The van der Waals surface area contributed by atoms with Crippen LogP contribution in [-0.4, -0.2) is 12.3 Å². The van der Waals surface area contributed by atoms with Crippen molar-refractivity contribution in [2.24, 2.45) is 5.73 Å². The van der Waals surface area contributed by atoms with Gasteiger partial charge >= 0.3 is 0 Å². The lowest BCUT2D eigenvalue weighted by molar-refractivity contribution is 1.15. The number of thioether (sulfide) groups is 1. The van der Waals surface area contributed by atoms with Crippen LogP contribution in [0, 0.1) is 11.3 Å². The van der Waals surface area contributed by atoms with Gasteiger partial charge in [-0.25, -0.2) is 0 Å². The zero-order chi connectivity index (χ0) is 10.4. The summed E-state index contributed by atoms with van der Waals surface area (Å²) in [5, 5.41) is 9.41. The lowest BCUT2D eigenvalue weighted by atomic mass is 10.1. The van der Waals surface area contributed by atoms with E-state index in [2.05, 4.69) is 6.07 Å². The van der Waals surface area contributed by atoms with E-state index in [1.54, 1.807) is 17.8 Å². The number of hydrogen-bond acceptors (Lipinski definition) is 3. The average Bonchev–Trinajstić information content (AvgIpc) is 2.18. The molecule has 0 radical (unpaired) electrons. The Morgan fingerprint density at radius 2 is 2.29 bits per heavy atom. The van der Waals surface area contributed by atoms with Crippen LogP contribution in [0.15, 0.2) is 18.2 Å². The maximum Gasteiger partial charge on any atom is 0.101 e. The second-order valence-electron chi connectivity index (χ2n) is 2.73. The van der Waals surface area contributed by atoms with Gasteiger partial charge in [-0.05, 0) is 11.6 Å². The molecule has 0 aromatic heterocycles. The highest BCUT2D eigenvalue weighted by molar-refractivity contribution is 7.98. The fourth-order valence-corrected chi connectivity index (χ4v) is 2.09. The van der Waals surface area contributed by atoms with Gasteiger partial charge in [-0.3, -0.25) is 0 Å². The van der Waals surface area contributed by atoms with Crippen LogP contribution in [0.4, 0.5) is 0 Å². The van der Waals surface area contributed by atoms with Crippen LogP contribution in [-0.2, 0) is 5.75 Å². The minimum Gasteiger partial charge on any atom is -0.330 e. The zero-order valence-corrected chi connectivity index (χ0v) is 9.24. The van der Waals surface area contributed by atoms with Crippen LogP contribution < -0.4 is 5.73 Å². The molecule has 0 aliphatic rings. The highest BCUT2D eigenvalue weighted by atomic mass is 35.5. The molecule has 0 atom stereocenters. The molecule has 0 bridgehead atoms. The van der Waals surface area contributed by atoms with Crippen molar-refractivity contribution in [2.75, 3.05) is 12.3 Å². The summed E-state index contributed by atoms with van der Waals surface area (Å²) in [6.45, 7) is 0.660. The van der Waals surface area contributed by atoms with E-state index in [1.165, 1.54) is 0 Å². The smallest absolute Gasteiger partial charge is 0.101 e. The molecule has 0 fully saturated rings. The first-order chi connectivity index (χ1) is 6.79. The van der Waals surface area contributed by atoms with Gasteiger partial charge in [-0.15, -0.1) is 0 Å². The van der Waals surface area contributed by atoms with E-state index >= 15 is 0 Å². The topological polar surface area (TPSA) is 49.8 Å². The SMILES string of the molecule is N#Cc1c(Cl)cccc1CSCCN. The Balaban J connectivity index is 2.76. The van der Waals surface area contributed by atoms with Gasteiger partial charge in [0, 0.05) is 18.1 Å². The Labute approximate surface area is 93.1 Å². The number of nitrogens with zero attached hydrogens (tertiary/aromatic N) is 1. The molecule has 4 heteroatoms. The van der Waals surface area contributed by atoms with Crippen molar-refractivity contribution < 1.29 is 0 Å². The summed E-state index contributed by atoms with van der Waals surface area (Å²) in [4.78, 5) is 0. The average molecular weight is 227 g/mol. The fraction of sp³-hybridized carbons (Fsp3) is 0.300. The Hall–Kier alpha value is -0.690. The van der Waals surface area contributed by atoms with Crippen molar-refractivity contribution in [3.8, 4) is 6.07 Å². The molecule has 0 aliphatic carbocycles. The molecular formula is C10H11ClN2S. The Morgan fingerprint density at radius 1 is 1.50 bits per heavy atom. The predicted molar refractivity (Wildman–Crippen MR) is 61.4 cm³/mol. The molecule has 74 valence electrons. The van der Waals surface area contributed by atoms with Crippen molar-refractivity contribution in [3.63, 3.8) is 0 Å². The zero-order valence-electron chi connectivity index (χ0n) is 7.66. The largest absolute Gasteiger partial charge is 0.330 e. The summed E-state index contributed by atoms with van der Waals surface area (Å²) in [6.07, 6.45) is 0. The normalized spacial score (nSPS) is 9.79. The van der Waals surface area contributed by atoms with Gasteiger partial charge in [0.25, 0.3) is 0 Å². The second-order valence-corrected chi connectivity index (χ2v) is 4.24. The molecule has 0 unspecified atom stereocenters. The van der Waals surface area contributed by atoms with Gasteiger partial charge in [-0.1, -0.05) is 23.7 Å². The van der Waals surface area contributed by atoms with Gasteiger partial charge in [0.1, 0.15) is 6.07 Å². The van der Waals surface area contributed by atoms with Crippen molar-refractivity contribution >= 4 is 23.4 Å². The fourth-order valence-electron chi connectivity index (χ4n) is 1.08. The van der Waals surface area contributed by atoms with Crippen LogP contribution in [0.25, 0.3) is 0 Å². The minimum atomic E-state index is 0.526. The molecular weight excluding hydrogens is 216 g/mol.